The van der Waals surface area contributed by atoms with E-state index in [9.17, 15) is 4.79 Å². The molecule has 1 unspecified atom stereocenters. The zero-order valence-electron chi connectivity index (χ0n) is 16.9. The molecule has 1 N–H and O–H groups in total. The van der Waals surface area contributed by atoms with Gasteiger partial charge in [-0.1, -0.05) is 41.4 Å². The summed E-state index contributed by atoms with van der Waals surface area (Å²) < 4.78 is 5.86. The second kappa shape index (κ2) is 8.41. The van der Waals surface area contributed by atoms with E-state index in [1.165, 1.54) is 11.1 Å². The molecule has 6 rings (SSSR count). The largest absolute Gasteiger partial charge is 0.445 e. The molecule has 0 radical (unpaired) electrons. The number of nitrogens with zero attached hydrogens (tertiary/aromatic N) is 1. The van der Waals surface area contributed by atoms with Crippen molar-refractivity contribution in [3.63, 3.8) is 0 Å². The fourth-order valence-electron chi connectivity index (χ4n) is 5.16. The highest BCUT2D eigenvalue weighted by Gasteiger charge is 2.37. The van der Waals surface area contributed by atoms with Crippen LogP contribution in [-0.4, -0.2) is 36.7 Å². The molecule has 2 aromatic carbocycles. The van der Waals surface area contributed by atoms with Crippen molar-refractivity contribution in [1.82, 2.24) is 10.2 Å². The quantitative estimate of drug-likeness (QED) is 0.644. The Hall–Kier alpha value is -1.75. The van der Waals surface area contributed by atoms with Gasteiger partial charge >= 0.3 is 6.09 Å². The topological polar surface area (TPSA) is 41.6 Å². The van der Waals surface area contributed by atoms with E-state index in [0.717, 1.165) is 62.9 Å². The summed E-state index contributed by atoms with van der Waals surface area (Å²) in [4.78, 5) is 15.1. The molecule has 3 aliphatic heterocycles. The lowest BCUT2D eigenvalue weighted by atomic mass is 9.85. The van der Waals surface area contributed by atoms with Gasteiger partial charge in [0.25, 0.3) is 0 Å². The van der Waals surface area contributed by atoms with Gasteiger partial charge in [0.1, 0.15) is 6.10 Å². The molecule has 2 aromatic rings. The first-order valence-electron chi connectivity index (χ1n) is 10.8. The van der Waals surface area contributed by atoms with Crippen molar-refractivity contribution in [3.05, 3.63) is 57.6 Å². The number of carbonyl (C=O) groups is 1. The van der Waals surface area contributed by atoms with Crippen molar-refractivity contribution in [2.24, 2.45) is 5.92 Å². The van der Waals surface area contributed by atoms with E-state index < -0.39 is 0 Å². The van der Waals surface area contributed by atoms with Crippen molar-refractivity contribution in [1.29, 1.82) is 0 Å². The van der Waals surface area contributed by atoms with Gasteiger partial charge in [0.15, 0.2) is 0 Å². The van der Waals surface area contributed by atoms with Crippen molar-refractivity contribution in [2.45, 2.75) is 44.2 Å². The number of alkyl carbamates (subject to hydrolysis) is 1. The standard InChI is InChI=1S/C24H26Cl2N2O2/c25-20-7-6-18(13-21(20)26)17-5-4-15-2-1-3-22(19(15)12-17)27-24(29)30-23-14-28-10-8-16(23)9-11-28/h4-7,12-13,16,22-23H,1-3,8-11,14H2,(H,27,29)/t22?,23-/m1/s1. The summed E-state index contributed by atoms with van der Waals surface area (Å²) in [6, 6.07) is 12.1. The minimum atomic E-state index is -0.286. The highest BCUT2D eigenvalue weighted by molar-refractivity contribution is 6.42. The van der Waals surface area contributed by atoms with Crippen LogP contribution >= 0.6 is 23.2 Å². The molecule has 0 spiro atoms. The zero-order valence-corrected chi connectivity index (χ0v) is 18.4. The lowest BCUT2D eigenvalue weighted by Gasteiger charge is -2.44. The van der Waals surface area contributed by atoms with Crippen LogP contribution in [0.4, 0.5) is 4.79 Å². The molecule has 3 saturated heterocycles. The van der Waals surface area contributed by atoms with Crippen LogP contribution in [0.15, 0.2) is 36.4 Å². The molecule has 3 heterocycles. The lowest BCUT2D eigenvalue weighted by molar-refractivity contribution is -0.0340. The molecule has 0 saturated carbocycles. The Morgan fingerprint density at radius 2 is 1.77 bits per heavy atom. The Morgan fingerprint density at radius 1 is 1.00 bits per heavy atom. The number of piperidine rings is 3. The third-order valence-electron chi connectivity index (χ3n) is 6.86. The van der Waals surface area contributed by atoms with Gasteiger partial charge in [-0.3, -0.25) is 4.90 Å². The summed E-state index contributed by atoms with van der Waals surface area (Å²) >= 11 is 12.3. The molecule has 2 atom stereocenters. The highest BCUT2D eigenvalue weighted by Crippen LogP contribution is 2.35. The first-order chi connectivity index (χ1) is 14.6. The van der Waals surface area contributed by atoms with Crippen LogP contribution in [-0.2, 0) is 11.2 Å². The van der Waals surface area contributed by atoms with Crippen molar-refractivity contribution < 1.29 is 9.53 Å². The van der Waals surface area contributed by atoms with E-state index in [0.29, 0.717) is 16.0 Å². The molecule has 0 aromatic heterocycles. The van der Waals surface area contributed by atoms with Crippen LogP contribution in [0, 0.1) is 5.92 Å². The number of halogens is 2. The molecule has 4 aliphatic rings. The monoisotopic (exact) mass is 444 g/mol. The molecular weight excluding hydrogens is 419 g/mol. The highest BCUT2D eigenvalue weighted by atomic mass is 35.5. The number of rotatable bonds is 3. The summed E-state index contributed by atoms with van der Waals surface area (Å²) in [5.41, 5.74) is 4.56. The van der Waals surface area contributed by atoms with Crippen molar-refractivity contribution in [3.8, 4) is 11.1 Å². The number of fused-ring (bicyclic) bond motifs is 4. The summed E-state index contributed by atoms with van der Waals surface area (Å²) in [7, 11) is 0. The van der Waals surface area contributed by atoms with E-state index >= 15 is 0 Å². The number of hydrogen-bond acceptors (Lipinski definition) is 3. The number of benzene rings is 2. The summed E-state index contributed by atoms with van der Waals surface area (Å²) in [6.45, 7) is 3.15. The predicted octanol–water partition coefficient (Wildman–Crippen LogP) is 5.86. The van der Waals surface area contributed by atoms with Gasteiger partial charge in [0.05, 0.1) is 16.1 Å². The van der Waals surface area contributed by atoms with Gasteiger partial charge in [-0.2, -0.15) is 0 Å². The Morgan fingerprint density at radius 3 is 2.50 bits per heavy atom. The van der Waals surface area contributed by atoms with Crippen LogP contribution in [0.2, 0.25) is 10.0 Å². The second-order valence-electron chi connectivity index (χ2n) is 8.71. The van der Waals surface area contributed by atoms with Crippen LogP contribution in [0.25, 0.3) is 11.1 Å². The number of ether oxygens (including phenoxy) is 1. The Labute approximate surface area is 187 Å². The van der Waals surface area contributed by atoms with Crippen molar-refractivity contribution in [2.75, 3.05) is 19.6 Å². The molecule has 4 nitrogen and oxygen atoms in total. The third-order valence-corrected chi connectivity index (χ3v) is 7.60. The molecule has 3 fully saturated rings. The van der Waals surface area contributed by atoms with Crippen LogP contribution in [0.3, 0.4) is 0 Å². The normalized spacial score (nSPS) is 27.4. The fourth-order valence-corrected chi connectivity index (χ4v) is 5.46. The number of carbonyl (C=O) groups excluding carboxylic acids is 1. The maximum Gasteiger partial charge on any atom is 0.407 e. The summed E-state index contributed by atoms with van der Waals surface area (Å²) in [6.07, 6.45) is 5.03. The number of aryl methyl sites for hydroxylation is 1. The Bertz CT molecular complexity index is 956. The van der Waals surface area contributed by atoms with Gasteiger partial charge < -0.3 is 10.1 Å². The molecule has 158 valence electrons. The van der Waals surface area contributed by atoms with E-state index in [1.807, 2.05) is 18.2 Å². The minimum absolute atomic E-state index is 0.0231. The summed E-state index contributed by atoms with van der Waals surface area (Å²) in [5.74, 6) is 0.514. The SMILES string of the molecule is O=C(NC1CCCc2ccc(-c3ccc(Cl)c(Cl)c3)cc21)O[C@@H]1CN2CCC1CC2. The average molecular weight is 445 g/mol. The fraction of sp³-hybridized carbons (Fsp3) is 0.458. The Kier molecular flexibility index (Phi) is 5.65. The number of hydrogen-bond donors (Lipinski definition) is 1. The first kappa shape index (κ1) is 20.2. The van der Waals surface area contributed by atoms with Gasteiger partial charge in [0.2, 0.25) is 0 Å². The number of amides is 1. The van der Waals surface area contributed by atoms with Crippen LogP contribution in [0.1, 0.15) is 42.9 Å². The van der Waals surface area contributed by atoms with Crippen molar-refractivity contribution >= 4 is 29.3 Å². The van der Waals surface area contributed by atoms with E-state index in [-0.39, 0.29) is 18.2 Å². The Balaban J connectivity index is 1.32. The zero-order chi connectivity index (χ0) is 20.7. The smallest absolute Gasteiger partial charge is 0.407 e. The van der Waals surface area contributed by atoms with Crippen LogP contribution in [0.5, 0.6) is 0 Å². The van der Waals surface area contributed by atoms with E-state index in [2.05, 4.69) is 28.4 Å². The maximum absolute atomic E-state index is 12.7. The third kappa shape index (κ3) is 4.05. The predicted molar refractivity (Wildman–Crippen MR) is 120 cm³/mol. The summed E-state index contributed by atoms with van der Waals surface area (Å²) in [5, 5.41) is 4.25. The molecule has 30 heavy (non-hydrogen) atoms. The molecule has 1 aliphatic carbocycles. The van der Waals surface area contributed by atoms with Gasteiger partial charge in [-0.15, -0.1) is 0 Å². The second-order valence-corrected chi connectivity index (χ2v) is 9.53. The van der Waals surface area contributed by atoms with E-state index in [4.69, 9.17) is 27.9 Å². The molecular formula is C24H26Cl2N2O2. The molecule has 1 amide bonds. The van der Waals surface area contributed by atoms with Gasteiger partial charge in [-0.25, -0.2) is 4.79 Å². The molecule has 2 bridgehead atoms. The average Bonchev–Trinajstić information content (AvgIpc) is 2.76. The van der Waals surface area contributed by atoms with Crippen LogP contribution < -0.4 is 5.32 Å². The first-order valence-corrected chi connectivity index (χ1v) is 11.6. The van der Waals surface area contributed by atoms with E-state index in [1.54, 1.807) is 0 Å². The maximum atomic E-state index is 12.7. The molecule has 6 heteroatoms. The minimum Gasteiger partial charge on any atom is -0.445 e. The lowest BCUT2D eigenvalue weighted by Crippen LogP contribution is -2.52. The van der Waals surface area contributed by atoms with Gasteiger partial charge in [-0.05, 0) is 91.6 Å². The van der Waals surface area contributed by atoms with Gasteiger partial charge in [0, 0.05) is 6.54 Å². The number of nitrogens with one attached hydrogen (secondary N) is 1.